The van der Waals surface area contributed by atoms with Crippen LogP contribution in [0.5, 0.6) is 0 Å². The number of carbonyl (C=O) groups is 1. The van der Waals surface area contributed by atoms with E-state index in [1.807, 2.05) is 0 Å². The van der Waals surface area contributed by atoms with Gasteiger partial charge in [0.1, 0.15) is 12.9 Å². The number of nitrogens with zero attached hydrogens (tertiary/aromatic N) is 3. The van der Waals surface area contributed by atoms with Gasteiger partial charge in [0.05, 0.1) is 5.56 Å². The molecule has 1 heterocycles. The Hall–Kier alpha value is -2.71. The average molecular weight is 341 g/mol. The maximum absolute atomic E-state index is 14.1. The monoisotopic (exact) mass is 341 g/mol. The Kier molecular flexibility index (Phi) is 5.32. The predicted molar refractivity (Wildman–Crippen MR) is 78.3 cm³/mol. The van der Waals surface area contributed by atoms with Crippen LogP contribution in [0.1, 0.15) is 36.0 Å². The summed E-state index contributed by atoms with van der Waals surface area (Å²) in [4.78, 5) is 19.9. The first kappa shape index (κ1) is 17.6. The minimum absolute atomic E-state index is 0.0531. The van der Waals surface area contributed by atoms with Crippen LogP contribution in [0.2, 0.25) is 0 Å². The lowest BCUT2D eigenvalue weighted by atomic mass is 10.0. The van der Waals surface area contributed by atoms with Gasteiger partial charge in [-0.3, -0.25) is 4.79 Å². The second-order valence-corrected chi connectivity index (χ2v) is 4.94. The summed E-state index contributed by atoms with van der Waals surface area (Å²) in [5.74, 6) is -5.55. The van der Waals surface area contributed by atoms with Crippen molar-refractivity contribution in [3.8, 4) is 11.4 Å². The summed E-state index contributed by atoms with van der Waals surface area (Å²) in [6.45, 7) is 0.611. The molecule has 1 aromatic heterocycles. The van der Waals surface area contributed by atoms with Crippen molar-refractivity contribution in [2.24, 2.45) is 5.16 Å². The highest BCUT2D eigenvalue weighted by molar-refractivity contribution is 5.97. The molecule has 0 atom stereocenters. The van der Waals surface area contributed by atoms with E-state index in [0.29, 0.717) is 13.3 Å². The summed E-state index contributed by atoms with van der Waals surface area (Å²) in [7, 11) is 1.37. The third-order valence-corrected chi connectivity index (χ3v) is 3.01. The molecule has 9 heteroatoms. The number of hydrogen-bond donors (Lipinski definition) is 0. The van der Waals surface area contributed by atoms with Crippen molar-refractivity contribution in [3.63, 3.8) is 0 Å². The van der Waals surface area contributed by atoms with Crippen LogP contribution >= 0.6 is 0 Å². The van der Waals surface area contributed by atoms with Gasteiger partial charge >= 0.3 is 5.92 Å². The number of aromatic nitrogens is 2. The van der Waals surface area contributed by atoms with Gasteiger partial charge in [0.15, 0.2) is 5.78 Å². The van der Waals surface area contributed by atoms with Crippen molar-refractivity contribution >= 4 is 12.0 Å². The lowest BCUT2D eigenvalue weighted by Crippen LogP contribution is -2.07. The first-order valence-corrected chi connectivity index (χ1v) is 6.93. The smallest absolute Gasteiger partial charge is 0.322 e. The molecular formula is C15H14F3N3O3. The highest BCUT2D eigenvalue weighted by Gasteiger charge is 2.32. The van der Waals surface area contributed by atoms with Crippen molar-refractivity contribution in [1.82, 2.24) is 10.1 Å². The van der Waals surface area contributed by atoms with Crippen LogP contribution in [0.4, 0.5) is 13.2 Å². The van der Waals surface area contributed by atoms with E-state index in [1.165, 1.54) is 25.5 Å². The Morgan fingerprint density at radius 3 is 2.79 bits per heavy atom. The van der Waals surface area contributed by atoms with Crippen molar-refractivity contribution in [1.29, 1.82) is 0 Å². The van der Waals surface area contributed by atoms with Crippen molar-refractivity contribution in [2.45, 2.75) is 25.7 Å². The molecule has 2 rings (SSSR count). The Bertz CT molecular complexity index is 754. The highest BCUT2D eigenvalue weighted by atomic mass is 19.3. The first-order valence-electron chi connectivity index (χ1n) is 6.93. The topological polar surface area (TPSA) is 77.6 Å². The van der Waals surface area contributed by atoms with E-state index in [1.54, 1.807) is 0 Å². The molecule has 6 nitrogen and oxygen atoms in total. The van der Waals surface area contributed by atoms with Gasteiger partial charge in [-0.2, -0.15) is 13.8 Å². The van der Waals surface area contributed by atoms with Gasteiger partial charge < -0.3 is 9.36 Å². The molecule has 0 aliphatic rings. The van der Waals surface area contributed by atoms with Crippen LogP contribution in [0, 0.1) is 5.82 Å². The van der Waals surface area contributed by atoms with E-state index in [9.17, 15) is 18.0 Å². The van der Waals surface area contributed by atoms with E-state index >= 15 is 0 Å². The van der Waals surface area contributed by atoms with Gasteiger partial charge in [-0.05, 0) is 18.6 Å². The quantitative estimate of drug-likeness (QED) is 0.437. The molecule has 0 saturated heterocycles. The van der Waals surface area contributed by atoms with Crippen LogP contribution in [0.25, 0.3) is 11.4 Å². The molecule has 128 valence electrons. The predicted octanol–water partition coefficient (Wildman–Crippen LogP) is 3.58. The van der Waals surface area contributed by atoms with Gasteiger partial charge in [0.2, 0.25) is 5.82 Å². The normalized spacial score (nSPS) is 11.9. The van der Waals surface area contributed by atoms with Crippen LogP contribution in [-0.4, -0.2) is 29.2 Å². The largest absolute Gasteiger partial charge is 0.399 e. The summed E-state index contributed by atoms with van der Waals surface area (Å²) in [6.07, 6.45) is 1.75. The zero-order valence-electron chi connectivity index (χ0n) is 12.9. The number of halogens is 3. The van der Waals surface area contributed by atoms with E-state index in [0.717, 1.165) is 6.07 Å². The van der Waals surface area contributed by atoms with Crippen LogP contribution in [0.15, 0.2) is 27.9 Å². The molecule has 0 spiro atoms. The molecular weight excluding hydrogens is 327 g/mol. The standard InChI is InChI=1S/C15H14F3N3O3/c1-15(17,18)14-20-13(21-24-14)9-5-6-10(11(16)8-9)12(22)4-3-7-19-23-2/h5-8H,3-4H2,1-2H3/b19-7+. The van der Waals surface area contributed by atoms with E-state index in [2.05, 4.69) is 24.7 Å². The fraction of sp³-hybridized carbons (Fsp3) is 0.333. The number of oxime groups is 1. The number of Topliss-reactive ketones (excluding diaryl/α,β-unsaturated/α-hetero) is 1. The Balaban J connectivity index is 2.16. The molecule has 0 aliphatic heterocycles. The zero-order chi connectivity index (χ0) is 17.7. The molecule has 0 unspecified atom stereocenters. The fourth-order valence-electron chi connectivity index (χ4n) is 1.86. The number of alkyl halides is 2. The highest BCUT2D eigenvalue weighted by Crippen LogP contribution is 2.28. The lowest BCUT2D eigenvalue weighted by Gasteiger charge is -2.03. The second kappa shape index (κ2) is 7.24. The van der Waals surface area contributed by atoms with E-state index in [4.69, 9.17) is 0 Å². The van der Waals surface area contributed by atoms with Gasteiger partial charge in [-0.25, -0.2) is 4.39 Å². The Labute approximate surface area is 135 Å². The summed E-state index contributed by atoms with van der Waals surface area (Å²) in [5.41, 5.74) is 0.0124. The van der Waals surface area contributed by atoms with Crippen molar-refractivity contribution in [3.05, 3.63) is 35.5 Å². The maximum atomic E-state index is 14.1. The molecule has 24 heavy (non-hydrogen) atoms. The van der Waals surface area contributed by atoms with Crippen molar-refractivity contribution in [2.75, 3.05) is 7.11 Å². The van der Waals surface area contributed by atoms with Crippen LogP contribution in [-0.2, 0) is 10.8 Å². The van der Waals surface area contributed by atoms with Gasteiger partial charge in [-0.1, -0.05) is 16.4 Å². The number of ketones is 1. The van der Waals surface area contributed by atoms with Crippen LogP contribution < -0.4 is 0 Å². The molecule has 0 radical (unpaired) electrons. The first-order chi connectivity index (χ1) is 11.3. The molecule has 0 aliphatic carbocycles. The summed E-state index contributed by atoms with van der Waals surface area (Å²) in [5, 5.41) is 6.87. The molecule has 0 fully saturated rings. The summed E-state index contributed by atoms with van der Waals surface area (Å²) >= 11 is 0. The average Bonchev–Trinajstić information content (AvgIpc) is 3.01. The SMILES string of the molecule is CO/N=C/CCC(=O)c1ccc(-c2noc(C(C)(F)F)n2)cc1F. The molecule has 0 N–H and O–H groups in total. The molecule has 2 aromatic rings. The molecule has 0 saturated carbocycles. The zero-order valence-corrected chi connectivity index (χ0v) is 12.9. The van der Waals surface area contributed by atoms with Gasteiger partial charge in [0.25, 0.3) is 5.89 Å². The summed E-state index contributed by atoms with van der Waals surface area (Å²) < 4.78 is 44.7. The number of benzene rings is 1. The number of carbonyl (C=O) groups excluding carboxylic acids is 1. The molecule has 0 bridgehead atoms. The molecule has 0 amide bonds. The summed E-state index contributed by atoms with van der Waals surface area (Å²) in [6, 6.07) is 3.61. The molecule has 1 aromatic carbocycles. The maximum Gasteiger partial charge on any atom is 0.322 e. The second-order valence-electron chi connectivity index (χ2n) is 4.94. The lowest BCUT2D eigenvalue weighted by molar-refractivity contribution is -0.0158. The Morgan fingerprint density at radius 2 is 2.21 bits per heavy atom. The Morgan fingerprint density at radius 1 is 1.46 bits per heavy atom. The minimum Gasteiger partial charge on any atom is -0.399 e. The van der Waals surface area contributed by atoms with Gasteiger partial charge in [-0.15, -0.1) is 0 Å². The fourth-order valence-corrected chi connectivity index (χ4v) is 1.86. The third-order valence-electron chi connectivity index (χ3n) is 3.01. The third kappa shape index (κ3) is 4.18. The van der Waals surface area contributed by atoms with Crippen LogP contribution in [0.3, 0.4) is 0 Å². The number of hydrogen-bond acceptors (Lipinski definition) is 6. The van der Waals surface area contributed by atoms with Gasteiger partial charge in [0, 0.05) is 25.1 Å². The number of rotatable bonds is 7. The minimum atomic E-state index is -3.29. The van der Waals surface area contributed by atoms with Crippen molar-refractivity contribution < 1.29 is 27.3 Å². The van der Waals surface area contributed by atoms with E-state index in [-0.39, 0.29) is 23.4 Å². The van der Waals surface area contributed by atoms with E-state index < -0.39 is 23.4 Å².